The maximum Gasteiger partial charge on any atom is 0.0223 e. The average molecular weight is 297 g/mol. The molecule has 0 unspecified atom stereocenters. The lowest BCUT2D eigenvalue weighted by atomic mass is 10.4. The molecule has 0 bridgehead atoms. The van der Waals surface area contributed by atoms with Gasteiger partial charge in [0.05, 0.1) is 0 Å². The second kappa shape index (κ2) is 15.1. The topological polar surface area (TPSA) is 3.24 Å². The predicted molar refractivity (Wildman–Crippen MR) is 85.2 cm³/mol. The smallest absolute Gasteiger partial charge is 0.0223 e. The Balaban J connectivity index is 0. The summed E-state index contributed by atoms with van der Waals surface area (Å²) in [6.07, 6.45) is 7.60. The number of halogens is 2. The molecule has 0 saturated heterocycles. The fourth-order valence-electron chi connectivity index (χ4n) is 1.80. The van der Waals surface area contributed by atoms with E-state index in [-0.39, 0.29) is 16.5 Å². The lowest BCUT2D eigenvalue weighted by molar-refractivity contribution is 0.502. The summed E-state index contributed by atoms with van der Waals surface area (Å²) in [6.45, 7) is 6.90. The number of hydrogen-bond donors (Lipinski definition) is 0. The maximum atomic E-state index is 5.74. The summed E-state index contributed by atoms with van der Waals surface area (Å²) >= 11 is 11.5. The molecule has 3 radical (unpaired) electrons. The zero-order valence-electron chi connectivity index (χ0n) is 11.3. The summed E-state index contributed by atoms with van der Waals surface area (Å²) in [5.74, 6) is 1.62. The molecule has 0 fully saturated rings. The monoisotopic (exact) mass is 296 g/mol. The molecule has 0 aliphatic carbocycles. The Labute approximate surface area is 121 Å². The van der Waals surface area contributed by atoms with Crippen LogP contribution in [0.1, 0.15) is 39.5 Å². The van der Waals surface area contributed by atoms with Crippen LogP contribution in [-0.2, 0) is 0 Å². The molecule has 0 spiro atoms. The molecule has 0 aromatic heterocycles. The molecule has 0 aliphatic rings. The van der Waals surface area contributed by atoms with Crippen molar-refractivity contribution in [1.29, 1.82) is 0 Å². The molecule has 0 N–H and O–H groups in total. The van der Waals surface area contributed by atoms with Crippen LogP contribution >= 0.6 is 31.3 Å². The highest BCUT2D eigenvalue weighted by Gasteiger charge is 2.14. The first-order valence-corrected chi connectivity index (χ1v) is 9.15. The van der Waals surface area contributed by atoms with Crippen molar-refractivity contribution in [3.63, 3.8) is 0 Å². The van der Waals surface area contributed by atoms with Crippen LogP contribution in [0.3, 0.4) is 0 Å². The first-order chi connectivity index (χ1) is 7.79. The van der Waals surface area contributed by atoms with Crippen LogP contribution in [0.2, 0.25) is 0 Å². The lowest BCUT2D eigenvalue weighted by Gasteiger charge is -2.30. The second-order valence-corrected chi connectivity index (χ2v) is 7.11. The van der Waals surface area contributed by atoms with Crippen molar-refractivity contribution in [2.24, 2.45) is 0 Å². The van der Waals surface area contributed by atoms with Crippen molar-refractivity contribution in [2.75, 3.05) is 37.2 Å². The molecular weight excluding hydrogens is 271 g/mol. The summed E-state index contributed by atoms with van der Waals surface area (Å²) < 4.78 is 2.64. The zero-order chi connectivity index (χ0) is 12.2. The van der Waals surface area contributed by atoms with Gasteiger partial charge in [0.2, 0.25) is 0 Å². The van der Waals surface area contributed by atoms with Gasteiger partial charge in [-0.1, -0.05) is 13.8 Å². The molecule has 0 aromatic rings. The molecule has 0 saturated carbocycles. The van der Waals surface area contributed by atoms with Crippen molar-refractivity contribution < 1.29 is 0 Å². The van der Waals surface area contributed by atoms with Gasteiger partial charge in [-0.15, -0.1) is 23.2 Å². The van der Waals surface area contributed by atoms with Crippen molar-refractivity contribution >= 4 is 39.7 Å². The van der Waals surface area contributed by atoms with Gasteiger partial charge >= 0.3 is 0 Å². The van der Waals surface area contributed by atoms with E-state index in [9.17, 15) is 0 Å². The molecule has 0 amide bonds. The lowest BCUT2D eigenvalue weighted by Crippen LogP contribution is -2.20. The molecule has 101 valence electrons. The fraction of sp³-hybridized carbons (Fsp3) is 1.00. The van der Waals surface area contributed by atoms with Crippen molar-refractivity contribution in [1.82, 2.24) is 4.67 Å². The van der Waals surface area contributed by atoms with E-state index >= 15 is 0 Å². The SMILES string of the molecule is CCN(CC)P(CCCCCl)CCCCCl.[B]. The van der Waals surface area contributed by atoms with Crippen LogP contribution in [0.4, 0.5) is 0 Å². The minimum Gasteiger partial charge on any atom is -0.282 e. The molecule has 0 atom stereocenters. The Kier molecular flexibility index (Phi) is 18.1. The van der Waals surface area contributed by atoms with E-state index in [2.05, 4.69) is 18.5 Å². The third-order valence-corrected chi connectivity index (χ3v) is 6.29. The van der Waals surface area contributed by atoms with Crippen molar-refractivity contribution in [3.8, 4) is 0 Å². The summed E-state index contributed by atoms with van der Waals surface area (Å²) in [7, 11) is 0.0685. The summed E-state index contributed by atoms with van der Waals surface area (Å²) in [4.78, 5) is 0. The first-order valence-electron chi connectivity index (χ1n) is 6.41. The summed E-state index contributed by atoms with van der Waals surface area (Å²) in [5, 5.41) is 0. The molecule has 0 aromatic carbocycles. The highest BCUT2D eigenvalue weighted by molar-refractivity contribution is 7.55. The normalized spacial score (nSPS) is 10.9. The fourth-order valence-corrected chi connectivity index (χ4v) is 4.94. The van der Waals surface area contributed by atoms with Crippen LogP contribution in [0.25, 0.3) is 0 Å². The molecule has 5 heteroatoms. The van der Waals surface area contributed by atoms with Crippen LogP contribution in [0, 0.1) is 0 Å². The largest absolute Gasteiger partial charge is 0.282 e. The van der Waals surface area contributed by atoms with Gasteiger partial charge < -0.3 is 0 Å². The number of unbranched alkanes of at least 4 members (excludes halogenated alkanes) is 2. The second-order valence-electron chi connectivity index (χ2n) is 3.88. The van der Waals surface area contributed by atoms with Gasteiger partial charge in [0, 0.05) is 20.2 Å². The van der Waals surface area contributed by atoms with E-state index in [1.54, 1.807) is 0 Å². The standard InChI is InChI=1S/C12H26Cl2NP.B/c1-3-15(4-2)16(11-7-5-9-13)12-8-6-10-14;/h3-12H2,1-2H3;. The minimum atomic E-state index is 0. The minimum absolute atomic E-state index is 0. The number of rotatable bonds is 11. The van der Waals surface area contributed by atoms with Gasteiger partial charge in [-0.2, -0.15) is 0 Å². The average Bonchev–Trinajstić information content (AvgIpc) is 2.30. The Morgan fingerprint density at radius 2 is 1.24 bits per heavy atom. The van der Waals surface area contributed by atoms with Gasteiger partial charge in [0.1, 0.15) is 0 Å². The highest BCUT2D eigenvalue weighted by Crippen LogP contribution is 2.41. The van der Waals surface area contributed by atoms with Gasteiger partial charge in [-0.3, -0.25) is 4.67 Å². The van der Waals surface area contributed by atoms with E-state index in [4.69, 9.17) is 23.2 Å². The van der Waals surface area contributed by atoms with E-state index in [0.29, 0.717) is 0 Å². The van der Waals surface area contributed by atoms with Crippen molar-refractivity contribution in [2.45, 2.75) is 39.5 Å². The van der Waals surface area contributed by atoms with E-state index in [1.807, 2.05) is 0 Å². The Morgan fingerprint density at radius 3 is 1.53 bits per heavy atom. The molecule has 17 heavy (non-hydrogen) atoms. The van der Waals surface area contributed by atoms with Crippen LogP contribution in [0.15, 0.2) is 0 Å². The highest BCUT2D eigenvalue weighted by atomic mass is 35.5. The number of nitrogens with zero attached hydrogens (tertiary/aromatic N) is 1. The number of hydrogen-bond acceptors (Lipinski definition) is 1. The van der Waals surface area contributed by atoms with Gasteiger partial charge in [-0.25, -0.2) is 0 Å². The zero-order valence-corrected chi connectivity index (χ0v) is 13.7. The summed E-state index contributed by atoms with van der Waals surface area (Å²) in [5.41, 5.74) is 0. The Morgan fingerprint density at radius 1 is 0.824 bits per heavy atom. The first kappa shape index (κ1) is 20.4. The number of alkyl halides is 2. The molecule has 1 nitrogen and oxygen atoms in total. The third-order valence-electron chi connectivity index (χ3n) is 2.73. The van der Waals surface area contributed by atoms with Crippen LogP contribution in [-0.4, -0.2) is 50.3 Å². The Hall–Kier alpha value is 1.03. The van der Waals surface area contributed by atoms with E-state index < -0.39 is 0 Å². The summed E-state index contributed by atoms with van der Waals surface area (Å²) in [6, 6.07) is 0. The van der Waals surface area contributed by atoms with Gasteiger partial charge in [0.25, 0.3) is 0 Å². The van der Waals surface area contributed by atoms with Gasteiger partial charge in [-0.05, 0) is 59.2 Å². The molecular formula is C12H26BCl2NP. The molecule has 0 heterocycles. The van der Waals surface area contributed by atoms with Gasteiger partial charge in [0.15, 0.2) is 0 Å². The Bertz CT molecular complexity index is 138. The molecule has 0 rings (SSSR count). The predicted octanol–water partition coefficient (Wildman–Crippen LogP) is 4.38. The van der Waals surface area contributed by atoms with E-state index in [0.717, 1.165) is 24.6 Å². The third kappa shape index (κ3) is 10.6. The van der Waals surface area contributed by atoms with Crippen molar-refractivity contribution in [3.05, 3.63) is 0 Å². The maximum absolute atomic E-state index is 5.74. The van der Waals surface area contributed by atoms with E-state index in [1.165, 1.54) is 38.3 Å². The van der Waals surface area contributed by atoms with Crippen LogP contribution < -0.4 is 0 Å². The molecule has 0 aliphatic heterocycles. The quantitative estimate of drug-likeness (QED) is 0.237. The van der Waals surface area contributed by atoms with Crippen LogP contribution in [0.5, 0.6) is 0 Å².